The fourth-order valence-electron chi connectivity index (χ4n) is 3.16. The minimum Gasteiger partial charge on any atom is -0.508 e. The molecule has 0 bridgehead atoms. The van der Waals surface area contributed by atoms with Crippen LogP contribution in [0.25, 0.3) is 0 Å². The Morgan fingerprint density at radius 2 is 2.26 bits per heavy atom. The zero-order valence-electron chi connectivity index (χ0n) is 11.6. The minimum absolute atomic E-state index is 0.0168. The number of phenols is 1. The van der Waals surface area contributed by atoms with Crippen LogP contribution in [-0.4, -0.2) is 29.1 Å². The zero-order valence-corrected chi connectivity index (χ0v) is 11.6. The second-order valence-electron chi connectivity index (χ2n) is 5.54. The van der Waals surface area contributed by atoms with Crippen LogP contribution in [0.15, 0.2) is 18.2 Å². The normalized spacial score (nSPS) is 26.3. The Bertz CT molecular complexity index is 438. The van der Waals surface area contributed by atoms with Crippen molar-refractivity contribution in [2.45, 2.75) is 38.8 Å². The molecule has 3 nitrogen and oxygen atoms in total. The van der Waals surface area contributed by atoms with E-state index in [1.807, 2.05) is 6.92 Å². The van der Waals surface area contributed by atoms with E-state index < -0.39 is 0 Å². The van der Waals surface area contributed by atoms with Crippen molar-refractivity contribution < 1.29 is 9.50 Å². The molecule has 1 saturated heterocycles. The molecule has 0 amide bonds. The molecule has 4 heteroatoms. The molecule has 106 valence electrons. The van der Waals surface area contributed by atoms with Crippen LogP contribution in [0.1, 0.15) is 38.3 Å². The third-order valence-corrected chi connectivity index (χ3v) is 4.33. The highest BCUT2D eigenvalue weighted by molar-refractivity contribution is 5.29. The molecule has 0 spiro atoms. The Morgan fingerprint density at radius 1 is 1.53 bits per heavy atom. The van der Waals surface area contributed by atoms with Crippen LogP contribution in [0.4, 0.5) is 4.39 Å². The third-order valence-electron chi connectivity index (χ3n) is 4.33. The summed E-state index contributed by atoms with van der Waals surface area (Å²) in [6, 6.07) is 4.67. The summed E-state index contributed by atoms with van der Waals surface area (Å²) in [5.74, 6) is 0.165. The number of benzene rings is 1. The smallest absolute Gasteiger partial charge is 0.131 e. The van der Waals surface area contributed by atoms with E-state index in [1.165, 1.54) is 12.5 Å². The van der Waals surface area contributed by atoms with Gasteiger partial charge >= 0.3 is 0 Å². The van der Waals surface area contributed by atoms with E-state index in [0.717, 1.165) is 13.0 Å². The summed E-state index contributed by atoms with van der Waals surface area (Å²) in [5, 5.41) is 9.30. The highest BCUT2D eigenvalue weighted by Crippen LogP contribution is 2.32. The molecule has 1 heterocycles. The SMILES string of the molecule is CC1CCCN(C(C)c2ccc(O)cc2F)C1CN. The summed E-state index contributed by atoms with van der Waals surface area (Å²) in [7, 11) is 0. The Kier molecular flexibility index (Phi) is 4.42. The van der Waals surface area contributed by atoms with Crippen molar-refractivity contribution in [3.05, 3.63) is 29.6 Å². The van der Waals surface area contributed by atoms with Gasteiger partial charge in [0, 0.05) is 30.3 Å². The maximum absolute atomic E-state index is 14.0. The fraction of sp³-hybridized carbons (Fsp3) is 0.600. The van der Waals surface area contributed by atoms with E-state index in [9.17, 15) is 9.50 Å². The topological polar surface area (TPSA) is 49.5 Å². The van der Waals surface area contributed by atoms with E-state index in [2.05, 4.69) is 11.8 Å². The van der Waals surface area contributed by atoms with Gasteiger partial charge in [0.2, 0.25) is 0 Å². The molecular weight excluding hydrogens is 243 g/mol. The van der Waals surface area contributed by atoms with Crippen LogP contribution in [0.5, 0.6) is 5.75 Å². The molecule has 1 aromatic carbocycles. The lowest BCUT2D eigenvalue weighted by Gasteiger charge is -2.43. The van der Waals surface area contributed by atoms with Gasteiger partial charge in [-0.1, -0.05) is 13.0 Å². The number of piperidine rings is 1. The third kappa shape index (κ3) is 2.90. The van der Waals surface area contributed by atoms with Gasteiger partial charge in [-0.2, -0.15) is 0 Å². The average Bonchev–Trinajstić information content (AvgIpc) is 2.37. The Labute approximate surface area is 114 Å². The molecule has 19 heavy (non-hydrogen) atoms. The largest absolute Gasteiger partial charge is 0.508 e. The van der Waals surface area contributed by atoms with Gasteiger partial charge in [-0.3, -0.25) is 4.90 Å². The molecule has 1 fully saturated rings. The number of aromatic hydroxyl groups is 1. The maximum Gasteiger partial charge on any atom is 0.131 e. The van der Waals surface area contributed by atoms with E-state index in [0.29, 0.717) is 24.1 Å². The van der Waals surface area contributed by atoms with Crippen molar-refractivity contribution in [3.8, 4) is 5.75 Å². The first kappa shape index (κ1) is 14.3. The Hall–Kier alpha value is -1.13. The number of halogens is 1. The van der Waals surface area contributed by atoms with E-state index in [1.54, 1.807) is 12.1 Å². The molecule has 2 rings (SSSR count). The van der Waals surface area contributed by atoms with Crippen molar-refractivity contribution in [1.82, 2.24) is 4.90 Å². The lowest BCUT2D eigenvalue weighted by atomic mass is 9.88. The molecule has 1 aromatic rings. The second-order valence-corrected chi connectivity index (χ2v) is 5.54. The standard InChI is InChI=1S/C15H23FN2O/c1-10-4-3-7-18(15(10)9-17)11(2)13-6-5-12(19)8-14(13)16/h5-6,8,10-11,15,19H,3-4,7,9,17H2,1-2H3. The van der Waals surface area contributed by atoms with E-state index >= 15 is 0 Å². The Morgan fingerprint density at radius 3 is 2.89 bits per heavy atom. The summed E-state index contributed by atoms with van der Waals surface area (Å²) in [5.41, 5.74) is 6.52. The second kappa shape index (κ2) is 5.88. The number of hydrogen-bond donors (Lipinski definition) is 2. The quantitative estimate of drug-likeness (QED) is 0.884. The Balaban J connectivity index is 2.24. The summed E-state index contributed by atoms with van der Waals surface area (Å²) in [6.45, 7) is 5.78. The molecule has 0 aliphatic carbocycles. The van der Waals surface area contributed by atoms with Gasteiger partial charge in [-0.05, 0) is 38.3 Å². The minimum atomic E-state index is -0.346. The number of likely N-dealkylation sites (tertiary alicyclic amines) is 1. The molecule has 3 unspecified atom stereocenters. The monoisotopic (exact) mass is 266 g/mol. The van der Waals surface area contributed by atoms with Crippen molar-refractivity contribution in [2.24, 2.45) is 11.7 Å². The summed E-state index contributed by atoms with van der Waals surface area (Å²) >= 11 is 0. The molecule has 1 aliphatic rings. The highest BCUT2D eigenvalue weighted by Gasteiger charge is 2.31. The van der Waals surface area contributed by atoms with Crippen LogP contribution >= 0.6 is 0 Å². The van der Waals surface area contributed by atoms with Gasteiger partial charge in [0.05, 0.1) is 0 Å². The lowest BCUT2D eigenvalue weighted by molar-refractivity contribution is 0.0675. The predicted molar refractivity (Wildman–Crippen MR) is 74.4 cm³/mol. The molecule has 1 aliphatic heterocycles. The number of nitrogens with two attached hydrogens (primary N) is 1. The van der Waals surface area contributed by atoms with Crippen LogP contribution in [0.2, 0.25) is 0 Å². The number of nitrogens with zero attached hydrogens (tertiary/aromatic N) is 1. The average molecular weight is 266 g/mol. The van der Waals surface area contributed by atoms with Crippen molar-refractivity contribution in [2.75, 3.05) is 13.1 Å². The summed E-state index contributed by atoms with van der Waals surface area (Å²) in [4.78, 5) is 2.30. The molecule has 3 N–H and O–H groups in total. The number of phenolic OH excluding ortho intramolecular Hbond substituents is 1. The molecular formula is C15H23FN2O. The summed E-state index contributed by atoms with van der Waals surface area (Å²) < 4.78 is 14.0. The fourth-order valence-corrected chi connectivity index (χ4v) is 3.16. The molecule has 0 radical (unpaired) electrons. The van der Waals surface area contributed by atoms with Gasteiger partial charge < -0.3 is 10.8 Å². The van der Waals surface area contributed by atoms with Crippen molar-refractivity contribution >= 4 is 0 Å². The van der Waals surface area contributed by atoms with Crippen LogP contribution in [0, 0.1) is 11.7 Å². The van der Waals surface area contributed by atoms with Gasteiger partial charge in [0.1, 0.15) is 11.6 Å². The molecule has 0 saturated carbocycles. The predicted octanol–water partition coefficient (Wildman–Crippen LogP) is 2.65. The van der Waals surface area contributed by atoms with Crippen LogP contribution < -0.4 is 5.73 Å². The first-order valence-electron chi connectivity index (χ1n) is 6.98. The zero-order chi connectivity index (χ0) is 14.0. The summed E-state index contributed by atoms with van der Waals surface area (Å²) in [6.07, 6.45) is 2.31. The highest BCUT2D eigenvalue weighted by atomic mass is 19.1. The van der Waals surface area contributed by atoms with Crippen LogP contribution in [-0.2, 0) is 0 Å². The van der Waals surface area contributed by atoms with Gasteiger partial charge in [0.25, 0.3) is 0 Å². The first-order chi connectivity index (χ1) is 9.04. The number of hydrogen-bond acceptors (Lipinski definition) is 3. The first-order valence-corrected chi connectivity index (χ1v) is 6.98. The van der Waals surface area contributed by atoms with E-state index in [4.69, 9.17) is 5.73 Å². The van der Waals surface area contributed by atoms with Crippen molar-refractivity contribution in [1.29, 1.82) is 0 Å². The van der Waals surface area contributed by atoms with Crippen molar-refractivity contribution in [3.63, 3.8) is 0 Å². The van der Waals surface area contributed by atoms with E-state index in [-0.39, 0.29) is 17.6 Å². The van der Waals surface area contributed by atoms with Gasteiger partial charge in [-0.15, -0.1) is 0 Å². The lowest BCUT2D eigenvalue weighted by Crippen LogP contribution is -2.49. The van der Waals surface area contributed by atoms with Gasteiger partial charge in [-0.25, -0.2) is 4.39 Å². The number of rotatable bonds is 3. The molecule has 3 atom stereocenters. The van der Waals surface area contributed by atoms with Crippen LogP contribution in [0.3, 0.4) is 0 Å². The maximum atomic E-state index is 14.0. The van der Waals surface area contributed by atoms with Gasteiger partial charge in [0.15, 0.2) is 0 Å². The molecule has 0 aromatic heterocycles.